The Morgan fingerprint density at radius 1 is 0.444 bits per heavy atom. The molecule has 250 valence electrons. The van der Waals surface area contributed by atoms with Gasteiger partial charge in [0.05, 0.1) is 17.6 Å². The summed E-state index contributed by atoms with van der Waals surface area (Å²) in [6.07, 6.45) is 0. The Morgan fingerprint density at radius 3 is 1.72 bits per heavy atom. The van der Waals surface area contributed by atoms with Gasteiger partial charge in [-0.25, -0.2) is 19.8 Å². The van der Waals surface area contributed by atoms with E-state index in [1.807, 2.05) is 66.7 Å². The molecule has 0 saturated carbocycles. The standard InChI is InChI=1S/C48H27N5O/c1-49-32-21-24-43-40(27-32)39-26-31(20-23-42(39)53(43)33-22-25-45-41(28-33)36-16-6-7-19-44(36)54-45)46-50-47(37-17-8-12-29-10-2-4-14-34(29)37)52-48(51-46)38-18-9-13-30-11-3-5-15-35(30)38/h2-28H. The van der Waals surface area contributed by atoms with Gasteiger partial charge in [0.2, 0.25) is 0 Å². The quantitative estimate of drug-likeness (QED) is 0.173. The molecule has 0 saturated heterocycles. The summed E-state index contributed by atoms with van der Waals surface area (Å²) in [4.78, 5) is 19.3. The van der Waals surface area contributed by atoms with Crippen molar-refractivity contribution < 1.29 is 4.42 Å². The van der Waals surface area contributed by atoms with Crippen LogP contribution in [0.5, 0.6) is 0 Å². The summed E-state index contributed by atoms with van der Waals surface area (Å²) in [5.41, 5.74) is 8.06. The van der Waals surface area contributed by atoms with Gasteiger partial charge in [0.1, 0.15) is 11.2 Å². The van der Waals surface area contributed by atoms with Gasteiger partial charge in [-0.3, -0.25) is 0 Å². The van der Waals surface area contributed by atoms with Crippen LogP contribution in [0.3, 0.4) is 0 Å². The van der Waals surface area contributed by atoms with Crippen LogP contribution in [-0.4, -0.2) is 19.5 Å². The molecule has 0 atom stereocenters. The summed E-state index contributed by atoms with van der Waals surface area (Å²) in [5.74, 6) is 1.79. The molecule has 54 heavy (non-hydrogen) atoms. The summed E-state index contributed by atoms with van der Waals surface area (Å²) in [6.45, 7) is 7.83. The van der Waals surface area contributed by atoms with E-state index in [4.69, 9.17) is 25.9 Å². The highest BCUT2D eigenvalue weighted by molar-refractivity contribution is 6.12. The highest BCUT2D eigenvalue weighted by Crippen LogP contribution is 2.39. The van der Waals surface area contributed by atoms with Crippen molar-refractivity contribution in [3.05, 3.63) is 175 Å². The van der Waals surface area contributed by atoms with Gasteiger partial charge in [0, 0.05) is 38.5 Å². The summed E-state index contributed by atoms with van der Waals surface area (Å²) in [7, 11) is 0. The largest absolute Gasteiger partial charge is 0.456 e. The van der Waals surface area contributed by atoms with Gasteiger partial charge in [-0.05, 0) is 81.5 Å². The monoisotopic (exact) mass is 689 g/mol. The van der Waals surface area contributed by atoms with Crippen molar-refractivity contribution in [1.29, 1.82) is 0 Å². The molecular weight excluding hydrogens is 663 g/mol. The first-order chi connectivity index (χ1) is 26.7. The first-order valence-electron chi connectivity index (χ1n) is 17.8. The van der Waals surface area contributed by atoms with Crippen molar-refractivity contribution >= 4 is 71.0 Å². The van der Waals surface area contributed by atoms with Crippen molar-refractivity contribution in [1.82, 2.24) is 19.5 Å². The Morgan fingerprint density at radius 2 is 1.02 bits per heavy atom. The number of hydrogen-bond donors (Lipinski definition) is 0. The third-order valence-corrected chi connectivity index (χ3v) is 10.5. The molecule has 0 aliphatic heterocycles. The number of nitrogens with zero attached hydrogens (tertiary/aromatic N) is 5. The Bertz CT molecular complexity index is 3260. The van der Waals surface area contributed by atoms with Gasteiger partial charge < -0.3 is 8.98 Å². The SMILES string of the molecule is [C-]#[N+]c1ccc2c(c1)c1cc(-c3nc(-c4cccc5ccccc45)nc(-c4cccc5ccccc45)n3)ccc1n2-c1ccc2oc3ccccc3c2c1. The molecular formula is C48H27N5O. The van der Waals surface area contributed by atoms with E-state index in [-0.39, 0.29) is 0 Å². The average Bonchev–Trinajstić information content (AvgIpc) is 3.77. The molecule has 0 fully saturated rings. The Kier molecular flexibility index (Phi) is 6.51. The first-order valence-corrected chi connectivity index (χ1v) is 17.8. The van der Waals surface area contributed by atoms with Crippen LogP contribution in [0, 0.1) is 6.57 Å². The normalized spacial score (nSPS) is 11.7. The molecule has 0 unspecified atom stereocenters. The molecule has 0 amide bonds. The molecule has 8 aromatic carbocycles. The van der Waals surface area contributed by atoms with Crippen LogP contribution in [0.25, 0.3) is 110 Å². The fourth-order valence-electron chi connectivity index (χ4n) is 7.94. The molecule has 0 N–H and O–H groups in total. The van der Waals surface area contributed by atoms with Crippen LogP contribution >= 0.6 is 0 Å². The van der Waals surface area contributed by atoms with Crippen molar-refractivity contribution in [3.63, 3.8) is 0 Å². The maximum absolute atomic E-state index is 7.83. The lowest BCUT2D eigenvalue weighted by Crippen LogP contribution is -2.01. The van der Waals surface area contributed by atoms with Crippen LogP contribution in [0.1, 0.15) is 0 Å². The van der Waals surface area contributed by atoms with Crippen LogP contribution in [0.2, 0.25) is 0 Å². The van der Waals surface area contributed by atoms with Crippen LogP contribution < -0.4 is 0 Å². The topological polar surface area (TPSA) is 61.1 Å². The molecule has 3 heterocycles. The minimum absolute atomic E-state index is 0.575. The van der Waals surface area contributed by atoms with Crippen LogP contribution in [-0.2, 0) is 0 Å². The Labute approximate surface area is 309 Å². The zero-order chi connectivity index (χ0) is 35.8. The second-order valence-corrected chi connectivity index (χ2v) is 13.5. The second-order valence-electron chi connectivity index (χ2n) is 13.5. The van der Waals surface area contributed by atoms with E-state index in [0.29, 0.717) is 23.2 Å². The molecule has 0 aliphatic carbocycles. The van der Waals surface area contributed by atoms with Gasteiger partial charge >= 0.3 is 0 Å². The summed E-state index contributed by atoms with van der Waals surface area (Å²) in [6, 6.07) is 55.9. The zero-order valence-electron chi connectivity index (χ0n) is 28.7. The lowest BCUT2D eigenvalue weighted by atomic mass is 10.0. The highest BCUT2D eigenvalue weighted by atomic mass is 16.3. The van der Waals surface area contributed by atoms with Gasteiger partial charge in [0.15, 0.2) is 23.2 Å². The van der Waals surface area contributed by atoms with Crippen molar-refractivity contribution in [3.8, 4) is 39.9 Å². The van der Waals surface area contributed by atoms with E-state index in [1.54, 1.807) is 0 Å². The number of rotatable bonds is 4. The average molecular weight is 690 g/mol. The van der Waals surface area contributed by atoms with Crippen molar-refractivity contribution in [2.45, 2.75) is 0 Å². The maximum atomic E-state index is 7.83. The van der Waals surface area contributed by atoms with Gasteiger partial charge in [-0.1, -0.05) is 109 Å². The summed E-state index contributed by atoms with van der Waals surface area (Å²) >= 11 is 0. The zero-order valence-corrected chi connectivity index (χ0v) is 28.7. The van der Waals surface area contributed by atoms with Crippen molar-refractivity contribution in [2.24, 2.45) is 0 Å². The van der Waals surface area contributed by atoms with E-state index in [0.717, 1.165) is 87.7 Å². The molecule has 0 aliphatic rings. The summed E-state index contributed by atoms with van der Waals surface area (Å²) < 4.78 is 8.43. The fraction of sp³-hybridized carbons (Fsp3) is 0. The van der Waals surface area contributed by atoms with Crippen molar-refractivity contribution in [2.75, 3.05) is 0 Å². The smallest absolute Gasteiger partial charge is 0.188 e. The minimum Gasteiger partial charge on any atom is -0.456 e. The molecule has 11 aromatic rings. The van der Waals surface area contributed by atoms with E-state index < -0.39 is 0 Å². The third kappa shape index (κ3) is 4.62. The Hall–Kier alpha value is -7.62. The van der Waals surface area contributed by atoms with Gasteiger partial charge in [-0.2, -0.15) is 0 Å². The molecule has 3 aromatic heterocycles. The highest BCUT2D eigenvalue weighted by Gasteiger charge is 2.19. The number of benzene rings is 8. The Balaban J connectivity index is 1.16. The lowest BCUT2D eigenvalue weighted by Gasteiger charge is -2.12. The summed E-state index contributed by atoms with van der Waals surface area (Å²) in [5, 5.41) is 8.51. The van der Waals surface area contributed by atoms with E-state index in [1.165, 1.54) is 0 Å². The molecule has 0 spiro atoms. The maximum Gasteiger partial charge on any atom is 0.188 e. The number of hydrogen-bond acceptors (Lipinski definition) is 4. The van der Waals surface area contributed by atoms with E-state index in [9.17, 15) is 0 Å². The van der Waals surface area contributed by atoms with Gasteiger partial charge in [0.25, 0.3) is 0 Å². The number of para-hydroxylation sites is 1. The predicted octanol–water partition coefficient (Wildman–Crippen LogP) is 12.7. The molecule has 0 radical (unpaired) electrons. The number of fused-ring (bicyclic) bond motifs is 8. The molecule has 0 bridgehead atoms. The van der Waals surface area contributed by atoms with E-state index in [2.05, 4.69) is 106 Å². The lowest BCUT2D eigenvalue weighted by molar-refractivity contribution is 0.669. The minimum atomic E-state index is 0.575. The molecule has 6 heteroatoms. The van der Waals surface area contributed by atoms with Gasteiger partial charge in [-0.15, -0.1) is 0 Å². The number of aromatic nitrogens is 4. The molecule has 6 nitrogen and oxygen atoms in total. The third-order valence-electron chi connectivity index (χ3n) is 10.5. The first kappa shape index (κ1) is 30.0. The fourth-order valence-corrected chi connectivity index (χ4v) is 7.94. The van der Waals surface area contributed by atoms with E-state index >= 15 is 0 Å². The predicted molar refractivity (Wildman–Crippen MR) is 219 cm³/mol. The van der Waals surface area contributed by atoms with Crippen LogP contribution in [0.4, 0.5) is 5.69 Å². The number of furan rings is 1. The van der Waals surface area contributed by atoms with Crippen LogP contribution in [0.15, 0.2) is 168 Å². The second kappa shape index (κ2) is 11.7. The molecule has 11 rings (SSSR count).